The molecule has 166 valence electrons. The van der Waals surface area contributed by atoms with Gasteiger partial charge in [-0.25, -0.2) is 9.18 Å². The van der Waals surface area contributed by atoms with Gasteiger partial charge in [-0.2, -0.15) is 0 Å². The molecule has 6 nitrogen and oxygen atoms in total. The van der Waals surface area contributed by atoms with Crippen LogP contribution in [-0.2, 0) is 4.79 Å². The van der Waals surface area contributed by atoms with Gasteiger partial charge in [-0.3, -0.25) is 9.79 Å². The number of aliphatic imine (C=N–C) groups is 1. The van der Waals surface area contributed by atoms with Crippen molar-refractivity contribution < 1.29 is 14.0 Å². The van der Waals surface area contributed by atoms with E-state index in [1.165, 1.54) is 6.07 Å². The second-order valence-electron chi connectivity index (χ2n) is 10.3. The molecule has 0 spiro atoms. The molecule has 2 N–H and O–H groups in total. The fourth-order valence-corrected chi connectivity index (χ4v) is 7.60. The van der Waals surface area contributed by atoms with Gasteiger partial charge < -0.3 is 15.5 Å². The first-order chi connectivity index (χ1) is 14.5. The summed E-state index contributed by atoms with van der Waals surface area (Å²) < 4.78 is 14.0. The van der Waals surface area contributed by atoms with Gasteiger partial charge in [0.25, 0.3) is 0 Å². The summed E-state index contributed by atoms with van der Waals surface area (Å²) in [6, 6.07) is 5.76. The van der Waals surface area contributed by atoms with E-state index in [0.29, 0.717) is 18.9 Å². The van der Waals surface area contributed by atoms with Crippen molar-refractivity contribution in [3.05, 3.63) is 41.2 Å². The summed E-state index contributed by atoms with van der Waals surface area (Å²) in [5.74, 6) is 0.205. The number of urea groups is 1. The van der Waals surface area contributed by atoms with E-state index in [9.17, 15) is 14.0 Å². The second-order valence-corrected chi connectivity index (χ2v) is 15.8. The summed E-state index contributed by atoms with van der Waals surface area (Å²) in [7, 11) is -1.69. The highest BCUT2D eigenvalue weighted by Gasteiger charge is 2.54. The van der Waals surface area contributed by atoms with Crippen LogP contribution in [0.4, 0.5) is 14.9 Å². The van der Waals surface area contributed by atoms with Gasteiger partial charge in [0, 0.05) is 10.6 Å². The van der Waals surface area contributed by atoms with Crippen molar-refractivity contribution in [3.63, 3.8) is 0 Å². The molecule has 0 bridgehead atoms. The number of rotatable bonds is 3. The van der Waals surface area contributed by atoms with E-state index in [0.717, 1.165) is 30.4 Å². The summed E-state index contributed by atoms with van der Waals surface area (Å²) in [5.41, 5.74) is 1.52. The fourth-order valence-electron chi connectivity index (χ4n) is 5.00. The lowest BCUT2D eigenvalue weighted by Gasteiger charge is -2.49. The highest BCUT2D eigenvalue weighted by Crippen LogP contribution is 2.55. The topological polar surface area (TPSA) is 73.8 Å². The SMILES string of the molecule is CC1(C)C2=C(CN1C(=O)Nc1ccccc1F)C(NC(=O)C1([Si](C)(C)C)CCC1)=NC2. The lowest BCUT2D eigenvalue weighted by molar-refractivity contribution is -0.125. The highest BCUT2D eigenvalue weighted by atomic mass is 28.3. The van der Waals surface area contributed by atoms with Gasteiger partial charge in [0.2, 0.25) is 5.91 Å². The number of benzene rings is 1. The van der Waals surface area contributed by atoms with E-state index in [1.54, 1.807) is 23.1 Å². The molecule has 0 saturated heterocycles. The van der Waals surface area contributed by atoms with Crippen molar-refractivity contribution in [3.8, 4) is 0 Å². The Morgan fingerprint density at radius 2 is 1.81 bits per heavy atom. The number of anilines is 1. The molecular formula is C23H31FN4O2Si. The average molecular weight is 443 g/mol. The summed E-state index contributed by atoms with van der Waals surface area (Å²) in [6.07, 6.45) is 2.97. The van der Waals surface area contributed by atoms with Crippen LogP contribution in [0, 0.1) is 5.82 Å². The molecule has 31 heavy (non-hydrogen) atoms. The van der Waals surface area contributed by atoms with Gasteiger partial charge in [0.05, 0.1) is 32.4 Å². The number of nitrogens with zero attached hydrogens (tertiary/aromatic N) is 2. The van der Waals surface area contributed by atoms with Gasteiger partial charge in [0.15, 0.2) is 0 Å². The van der Waals surface area contributed by atoms with Crippen molar-refractivity contribution in [1.82, 2.24) is 10.2 Å². The lowest BCUT2D eigenvalue weighted by Crippen LogP contribution is -2.55. The Morgan fingerprint density at radius 1 is 1.13 bits per heavy atom. The maximum Gasteiger partial charge on any atom is 0.322 e. The zero-order valence-electron chi connectivity index (χ0n) is 18.9. The van der Waals surface area contributed by atoms with Crippen LogP contribution in [-0.4, -0.2) is 49.4 Å². The van der Waals surface area contributed by atoms with Crippen molar-refractivity contribution in [2.75, 3.05) is 18.4 Å². The Bertz CT molecular complexity index is 1010. The first-order valence-corrected chi connectivity index (χ1v) is 14.4. The molecule has 4 rings (SSSR count). The number of amides is 3. The first-order valence-electron chi connectivity index (χ1n) is 10.9. The Kier molecular flexibility index (Phi) is 5.11. The van der Waals surface area contributed by atoms with Crippen LogP contribution in [0.5, 0.6) is 0 Å². The molecule has 1 fully saturated rings. The number of para-hydroxylation sites is 1. The zero-order chi connectivity index (χ0) is 22.6. The molecule has 0 aromatic heterocycles. The number of carbonyl (C=O) groups excluding carboxylic acids is 2. The quantitative estimate of drug-likeness (QED) is 0.675. The predicted molar refractivity (Wildman–Crippen MR) is 124 cm³/mol. The maximum atomic E-state index is 14.0. The molecule has 1 saturated carbocycles. The minimum atomic E-state index is -1.69. The average Bonchev–Trinajstić information content (AvgIpc) is 3.13. The van der Waals surface area contributed by atoms with Gasteiger partial charge in [-0.1, -0.05) is 38.2 Å². The first kappa shape index (κ1) is 21.7. The molecule has 2 heterocycles. The minimum absolute atomic E-state index is 0.0810. The summed E-state index contributed by atoms with van der Waals surface area (Å²) >= 11 is 0. The van der Waals surface area contributed by atoms with E-state index < -0.39 is 19.4 Å². The van der Waals surface area contributed by atoms with Gasteiger partial charge in [-0.05, 0) is 44.4 Å². The molecule has 0 unspecified atom stereocenters. The Hall–Kier alpha value is -2.48. The number of halogens is 1. The minimum Gasteiger partial charge on any atom is -0.311 e. The number of hydrogen-bond donors (Lipinski definition) is 2. The van der Waals surface area contributed by atoms with Crippen molar-refractivity contribution >= 4 is 31.5 Å². The molecule has 0 atom stereocenters. The lowest BCUT2D eigenvalue weighted by atomic mass is 9.83. The van der Waals surface area contributed by atoms with E-state index >= 15 is 0 Å². The molecule has 3 amide bonds. The van der Waals surface area contributed by atoms with Crippen LogP contribution in [0.25, 0.3) is 0 Å². The number of carbonyl (C=O) groups is 2. The van der Waals surface area contributed by atoms with Crippen LogP contribution in [0.1, 0.15) is 33.1 Å². The number of nitrogens with one attached hydrogen (secondary N) is 2. The summed E-state index contributed by atoms with van der Waals surface area (Å²) in [6.45, 7) is 11.5. The van der Waals surface area contributed by atoms with Crippen LogP contribution in [0.3, 0.4) is 0 Å². The molecule has 8 heteroatoms. The van der Waals surface area contributed by atoms with Crippen molar-refractivity contribution in [2.24, 2.45) is 4.99 Å². The van der Waals surface area contributed by atoms with E-state index in [1.807, 2.05) is 13.8 Å². The van der Waals surface area contributed by atoms with Crippen LogP contribution in [0.15, 0.2) is 40.4 Å². The molecule has 3 aliphatic rings. The predicted octanol–water partition coefficient (Wildman–Crippen LogP) is 4.54. The Morgan fingerprint density at radius 3 is 2.39 bits per heavy atom. The largest absolute Gasteiger partial charge is 0.322 e. The molecule has 2 aliphatic heterocycles. The number of amidine groups is 1. The smallest absolute Gasteiger partial charge is 0.311 e. The normalized spacial score (nSPS) is 21.4. The number of hydrogen-bond acceptors (Lipinski definition) is 3. The Balaban J connectivity index is 1.50. The van der Waals surface area contributed by atoms with Crippen molar-refractivity contribution in [2.45, 2.75) is 63.3 Å². The third-order valence-electron chi connectivity index (χ3n) is 7.44. The molecule has 0 radical (unpaired) electrons. The van der Waals surface area contributed by atoms with E-state index in [-0.39, 0.29) is 22.7 Å². The zero-order valence-corrected chi connectivity index (χ0v) is 19.9. The molecule has 1 aromatic carbocycles. The molecular weight excluding hydrogens is 411 g/mol. The van der Waals surface area contributed by atoms with Crippen LogP contribution < -0.4 is 10.6 Å². The van der Waals surface area contributed by atoms with Crippen LogP contribution >= 0.6 is 0 Å². The summed E-state index contributed by atoms with van der Waals surface area (Å²) in [5, 5.41) is 5.56. The fraction of sp³-hybridized carbons (Fsp3) is 0.522. The highest BCUT2D eigenvalue weighted by molar-refractivity contribution is 6.82. The molecule has 1 aromatic rings. The monoisotopic (exact) mass is 442 g/mol. The van der Waals surface area contributed by atoms with Gasteiger partial charge >= 0.3 is 6.03 Å². The van der Waals surface area contributed by atoms with Gasteiger partial charge in [-0.15, -0.1) is 0 Å². The van der Waals surface area contributed by atoms with E-state index in [4.69, 9.17) is 0 Å². The third-order valence-corrected chi connectivity index (χ3v) is 11.0. The standard InChI is InChI=1S/C23H31FN4O2Si/c1-22(2)16-13-25-19(27-20(29)23(11-8-12-23)31(3,4)5)15(16)14-28(22)21(30)26-18-10-7-6-9-17(18)24/h6-7,9-10H,8,11-14H2,1-5H3,(H,26,30)(H,25,27,29). The van der Waals surface area contributed by atoms with Crippen molar-refractivity contribution in [1.29, 1.82) is 0 Å². The van der Waals surface area contributed by atoms with E-state index in [2.05, 4.69) is 35.3 Å². The van der Waals surface area contributed by atoms with Gasteiger partial charge in [0.1, 0.15) is 11.7 Å². The Labute approximate surface area is 184 Å². The van der Waals surface area contributed by atoms with Crippen LogP contribution in [0.2, 0.25) is 24.7 Å². The molecule has 1 aliphatic carbocycles. The summed E-state index contributed by atoms with van der Waals surface area (Å²) in [4.78, 5) is 32.6. The maximum absolute atomic E-state index is 14.0. The third kappa shape index (κ3) is 3.41. The second kappa shape index (κ2) is 7.29.